The molecule has 2 rings (SSSR count). The van der Waals surface area contributed by atoms with Gasteiger partial charge in [0.25, 0.3) is 0 Å². The Morgan fingerprint density at radius 3 is 2.55 bits per heavy atom. The minimum absolute atomic E-state index is 0.340. The van der Waals surface area contributed by atoms with Gasteiger partial charge >= 0.3 is 0 Å². The third kappa shape index (κ3) is 3.30. The number of hydrogen-bond donors (Lipinski definition) is 1. The number of nitrogens with one attached hydrogen (secondary N) is 1. The number of halogens is 1. The zero-order chi connectivity index (χ0) is 14.7. The predicted molar refractivity (Wildman–Crippen MR) is 87.4 cm³/mol. The maximum absolute atomic E-state index is 4.61. The molecule has 0 radical (unpaired) electrons. The van der Waals surface area contributed by atoms with Gasteiger partial charge in [-0.15, -0.1) is 0 Å². The van der Waals surface area contributed by atoms with Crippen LogP contribution in [0, 0.1) is 0 Å². The fraction of sp³-hybridized carbons (Fsp3) is 0.438. The summed E-state index contributed by atoms with van der Waals surface area (Å²) in [6.45, 7) is 9.57. The van der Waals surface area contributed by atoms with Crippen LogP contribution in [0.5, 0.6) is 0 Å². The van der Waals surface area contributed by atoms with E-state index in [0.717, 1.165) is 22.4 Å². The molecule has 108 valence electrons. The molecule has 1 N–H and O–H groups in total. The standard InChI is InChI=1S/C16H22BrN3/c1-5-18-12(4)14-7-6-13(10-15(14)17)20-9-8-16(19-20)11(2)3/h6-12,18H,5H2,1-4H3. The summed E-state index contributed by atoms with van der Waals surface area (Å²) < 4.78 is 3.05. The topological polar surface area (TPSA) is 29.9 Å². The van der Waals surface area contributed by atoms with Gasteiger partial charge in [0.2, 0.25) is 0 Å². The summed E-state index contributed by atoms with van der Waals surface area (Å²) in [6, 6.07) is 8.81. The molecule has 3 nitrogen and oxygen atoms in total. The molecule has 0 saturated heterocycles. The SMILES string of the molecule is CCNC(C)c1ccc(-n2ccc(C(C)C)n2)cc1Br. The highest BCUT2D eigenvalue weighted by molar-refractivity contribution is 9.10. The molecule has 0 aliphatic rings. The van der Waals surface area contributed by atoms with Crippen molar-refractivity contribution >= 4 is 15.9 Å². The van der Waals surface area contributed by atoms with Crippen molar-refractivity contribution in [1.82, 2.24) is 15.1 Å². The van der Waals surface area contributed by atoms with E-state index in [1.165, 1.54) is 5.56 Å². The van der Waals surface area contributed by atoms with E-state index in [1.54, 1.807) is 0 Å². The Kier molecular flexibility index (Phi) is 5.00. The van der Waals surface area contributed by atoms with Crippen LogP contribution in [0.25, 0.3) is 5.69 Å². The van der Waals surface area contributed by atoms with Crippen LogP contribution in [-0.4, -0.2) is 16.3 Å². The lowest BCUT2D eigenvalue weighted by atomic mass is 10.1. The average Bonchev–Trinajstić information content (AvgIpc) is 2.88. The van der Waals surface area contributed by atoms with Crippen LogP contribution < -0.4 is 5.32 Å². The Balaban J connectivity index is 2.28. The molecule has 1 unspecified atom stereocenters. The predicted octanol–water partition coefficient (Wildman–Crippen LogP) is 4.43. The molecule has 1 atom stereocenters. The van der Waals surface area contributed by atoms with Gasteiger partial charge in [0.05, 0.1) is 11.4 Å². The number of aromatic nitrogens is 2. The number of hydrogen-bond acceptors (Lipinski definition) is 2. The molecule has 1 aromatic carbocycles. The normalized spacial score (nSPS) is 12.9. The summed E-state index contributed by atoms with van der Waals surface area (Å²) in [6.07, 6.45) is 2.02. The van der Waals surface area contributed by atoms with Crippen LogP contribution in [0.3, 0.4) is 0 Å². The van der Waals surface area contributed by atoms with Gasteiger partial charge in [-0.05, 0) is 43.1 Å². The second-order valence-corrected chi connectivity index (χ2v) is 6.18. The van der Waals surface area contributed by atoms with E-state index in [9.17, 15) is 0 Å². The molecule has 2 aromatic rings. The fourth-order valence-electron chi connectivity index (χ4n) is 2.22. The molecule has 0 aliphatic carbocycles. The monoisotopic (exact) mass is 335 g/mol. The lowest BCUT2D eigenvalue weighted by Crippen LogP contribution is -2.18. The molecule has 20 heavy (non-hydrogen) atoms. The maximum atomic E-state index is 4.61. The van der Waals surface area contributed by atoms with Crippen molar-refractivity contribution in [2.75, 3.05) is 6.54 Å². The van der Waals surface area contributed by atoms with Crippen molar-refractivity contribution in [3.63, 3.8) is 0 Å². The average molecular weight is 336 g/mol. The molecule has 1 aromatic heterocycles. The second kappa shape index (κ2) is 6.55. The molecular formula is C16H22BrN3. The van der Waals surface area contributed by atoms with Crippen molar-refractivity contribution in [3.05, 3.63) is 46.2 Å². The third-order valence-corrected chi connectivity index (χ3v) is 4.11. The molecule has 0 saturated carbocycles. The lowest BCUT2D eigenvalue weighted by Gasteiger charge is -2.15. The number of benzene rings is 1. The van der Waals surface area contributed by atoms with Gasteiger partial charge in [-0.25, -0.2) is 4.68 Å². The largest absolute Gasteiger partial charge is 0.310 e. The molecule has 0 aliphatic heterocycles. The fourth-order valence-corrected chi connectivity index (χ4v) is 2.93. The molecular weight excluding hydrogens is 314 g/mol. The van der Waals surface area contributed by atoms with Gasteiger partial charge in [-0.1, -0.05) is 42.8 Å². The van der Waals surface area contributed by atoms with Gasteiger partial charge < -0.3 is 5.32 Å². The van der Waals surface area contributed by atoms with E-state index in [2.05, 4.69) is 78.3 Å². The third-order valence-electron chi connectivity index (χ3n) is 3.43. The van der Waals surface area contributed by atoms with E-state index >= 15 is 0 Å². The van der Waals surface area contributed by atoms with Crippen molar-refractivity contribution < 1.29 is 0 Å². The summed E-state index contributed by atoms with van der Waals surface area (Å²) >= 11 is 3.67. The number of rotatable bonds is 5. The first-order valence-corrected chi connectivity index (χ1v) is 7.91. The summed E-state index contributed by atoms with van der Waals surface area (Å²) in [4.78, 5) is 0. The summed E-state index contributed by atoms with van der Waals surface area (Å²) in [7, 11) is 0. The summed E-state index contributed by atoms with van der Waals surface area (Å²) in [5.74, 6) is 0.452. The molecule has 4 heteroatoms. The van der Waals surface area contributed by atoms with Crippen LogP contribution in [0.1, 0.15) is 50.9 Å². The summed E-state index contributed by atoms with van der Waals surface area (Å²) in [5, 5.41) is 8.04. The van der Waals surface area contributed by atoms with Gasteiger partial charge in [-0.3, -0.25) is 0 Å². The molecule has 0 spiro atoms. The van der Waals surface area contributed by atoms with E-state index in [0.29, 0.717) is 12.0 Å². The maximum Gasteiger partial charge on any atom is 0.0657 e. The minimum Gasteiger partial charge on any atom is -0.310 e. The molecule has 0 amide bonds. The highest BCUT2D eigenvalue weighted by atomic mass is 79.9. The summed E-state index contributed by atoms with van der Waals surface area (Å²) in [5.41, 5.74) is 3.47. The second-order valence-electron chi connectivity index (χ2n) is 5.33. The Morgan fingerprint density at radius 1 is 1.25 bits per heavy atom. The first-order valence-electron chi connectivity index (χ1n) is 7.11. The van der Waals surface area contributed by atoms with Gasteiger partial charge in [0, 0.05) is 16.7 Å². The quantitative estimate of drug-likeness (QED) is 0.875. The molecule has 1 heterocycles. The first kappa shape index (κ1) is 15.3. The van der Waals surface area contributed by atoms with Gasteiger partial charge in [-0.2, -0.15) is 5.10 Å². The highest BCUT2D eigenvalue weighted by Gasteiger charge is 2.10. The smallest absolute Gasteiger partial charge is 0.0657 e. The lowest BCUT2D eigenvalue weighted by molar-refractivity contribution is 0.596. The van der Waals surface area contributed by atoms with Crippen molar-refractivity contribution in [2.45, 2.75) is 39.7 Å². The molecule has 0 bridgehead atoms. The van der Waals surface area contributed by atoms with Crippen LogP contribution in [0.4, 0.5) is 0 Å². The van der Waals surface area contributed by atoms with Crippen molar-refractivity contribution in [2.24, 2.45) is 0 Å². The first-order chi connectivity index (χ1) is 9.52. The van der Waals surface area contributed by atoms with Gasteiger partial charge in [0.1, 0.15) is 0 Å². The molecule has 0 fully saturated rings. The van der Waals surface area contributed by atoms with E-state index in [1.807, 2.05) is 10.9 Å². The minimum atomic E-state index is 0.340. The Morgan fingerprint density at radius 2 is 2.00 bits per heavy atom. The van der Waals surface area contributed by atoms with Crippen LogP contribution >= 0.6 is 15.9 Å². The Bertz CT molecular complexity index is 575. The van der Waals surface area contributed by atoms with Crippen LogP contribution in [0.15, 0.2) is 34.9 Å². The van der Waals surface area contributed by atoms with E-state index in [-0.39, 0.29) is 0 Å². The van der Waals surface area contributed by atoms with Crippen LogP contribution in [0.2, 0.25) is 0 Å². The van der Waals surface area contributed by atoms with E-state index < -0.39 is 0 Å². The van der Waals surface area contributed by atoms with Gasteiger partial charge in [0.15, 0.2) is 0 Å². The van der Waals surface area contributed by atoms with E-state index in [4.69, 9.17) is 0 Å². The Labute approximate surface area is 129 Å². The highest BCUT2D eigenvalue weighted by Crippen LogP contribution is 2.26. The van der Waals surface area contributed by atoms with Crippen LogP contribution in [-0.2, 0) is 0 Å². The zero-order valence-corrected chi connectivity index (χ0v) is 14.1. The Hall–Kier alpha value is -1.13. The zero-order valence-electron chi connectivity index (χ0n) is 12.5. The number of nitrogens with zero attached hydrogens (tertiary/aromatic N) is 2. The van der Waals surface area contributed by atoms with Crippen molar-refractivity contribution in [1.29, 1.82) is 0 Å². The van der Waals surface area contributed by atoms with Crippen molar-refractivity contribution in [3.8, 4) is 5.69 Å².